The maximum absolute atomic E-state index is 11.5. The highest BCUT2D eigenvalue weighted by atomic mass is 32.2. The first kappa shape index (κ1) is 17.9. The lowest BCUT2D eigenvalue weighted by Crippen LogP contribution is -2.24. The van der Waals surface area contributed by atoms with Gasteiger partial charge in [0.05, 0.1) is 21.3 Å². The predicted octanol–water partition coefficient (Wildman–Crippen LogP) is 2.01. The lowest BCUT2D eigenvalue weighted by Gasteiger charge is -2.23. The molecule has 2 aromatic rings. The number of aliphatic carboxylic acids is 1. The van der Waals surface area contributed by atoms with E-state index in [0.29, 0.717) is 28.4 Å². The van der Waals surface area contributed by atoms with Gasteiger partial charge in [0.2, 0.25) is 16.9 Å². The largest absolute Gasteiger partial charge is 0.493 e. The van der Waals surface area contributed by atoms with Gasteiger partial charge in [-0.15, -0.1) is 5.10 Å². The molecule has 9 nitrogen and oxygen atoms in total. The summed E-state index contributed by atoms with van der Waals surface area (Å²) in [4.78, 5) is 15.8. The number of benzene rings is 1. The van der Waals surface area contributed by atoms with E-state index in [0.717, 1.165) is 5.56 Å². The third-order valence-corrected chi connectivity index (χ3v) is 4.43. The van der Waals surface area contributed by atoms with E-state index in [1.54, 1.807) is 22.9 Å². The van der Waals surface area contributed by atoms with Crippen LogP contribution < -0.4 is 19.5 Å². The number of fused-ring (bicyclic) bond motifs is 1. The Hall–Kier alpha value is -2.88. The summed E-state index contributed by atoms with van der Waals surface area (Å²) >= 11 is 1.37. The summed E-state index contributed by atoms with van der Waals surface area (Å²) in [6.07, 6.45) is 3.41. The van der Waals surface area contributed by atoms with Gasteiger partial charge in [-0.25, -0.2) is 9.48 Å². The van der Waals surface area contributed by atoms with Gasteiger partial charge < -0.3 is 24.6 Å². The number of nitrogens with zero attached hydrogens (tertiary/aromatic N) is 3. The molecule has 2 N–H and O–H groups in total. The fourth-order valence-corrected chi connectivity index (χ4v) is 3.04. The summed E-state index contributed by atoms with van der Waals surface area (Å²) in [5, 5.41) is 17.2. The summed E-state index contributed by atoms with van der Waals surface area (Å²) < 4.78 is 17.7. The van der Waals surface area contributed by atoms with Gasteiger partial charge in [0.1, 0.15) is 11.7 Å². The SMILES string of the molecule is COc1cc([C@@H]2C=C(C(=O)O)Nc3nc(SC)nn32)cc(OC)c1OC. The fraction of sp³-hybridized carbons (Fsp3) is 0.312. The number of carboxylic acids is 1. The number of carbonyl (C=O) groups is 1. The Balaban J connectivity index is 2.18. The molecule has 3 rings (SSSR count). The highest BCUT2D eigenvalue weighted by Gasteiger charge is 2.28. The van der Waals surface area contributed by atoms with E-state index in [1.165, 1.54) is 33.1 Å². The number of hydrogen-bond acceptors (Lipinski definition) is 8. The molecule has 0 saturated heterocycles. The number of hydrogen-bond donors (Lipinski definition) is 2. The number of methoxy groups -OCH3 is 3. The monoisotopic (exact) mass is 378 g/mol. The van der Waals surface area contributed by atoms with Crippen LogP contribution in [0, 0.1) is 0 Å². The first-order valence-corrected chi connectivity index (χ1v) is 8.77. The summed E-state index contributed by atoms with van der Waals surface area (Å²) in [5.74, 6) is 0.670. The van der Waals surface area contributed by atoms with Crippen LogP contribution in [0.5, 0.6) is 17.2 Å². The lowest BCUT2D eigenvalue weighted by molar-refractivity contribution is -0.132. The maximum Gasteiger partial charge on any atom is 0.352 e. The Morgan fingerprint density at radius 1 is 1.23 bits per heavy atom. The highest BCUT2D eigenvalue weighted by Crippen LogP contribution is 2.41. The molecule has 0 unspecified atom stereocenters. The van der Waals surface area contributed by atoms with E-state index in [4.69, 9.17) is 14.2 Å². The van der Waals surface area contributed by atoms with Crippen molar-refractivity contribution >= 4 is 23.7 Å². The molecule has 1 aliphatic heterocycles. The molecule has 1 aromatic carbocycles. The molecule has 1 atom stereocenters. The van der Waals surface area contributed by atoms with Crippen LogP contribution in [0.4, 0.5) is 5.95 Å². The van der Waals surface area contributed by atoms with Gasteiger partial charge in [-0.2, -0.15) is 4.98 Å². The number of allylic oxidation sites excluding steroid dienone is 1. The third-order valence-electron chi connectivity index (χ3n) is 3.89. The zero-order chi connectivity index (χ0) is 18.8. The van der Waals surface area contributed by atoms with Crippen LogP contribution in [0.2, 0.25) is 0 Å². The maximum atomic E-state index is 11.5. The second-order valence-corrected chi connectivity index (χ2v) is 6.05. The summed E-state index contributed by atoms with van der Waals surface area (Å²) in [6, 6.07) is 3.02. The molecular formula is C16H18N4O5S. The Bertz CT molecular complexity index is 855. The summed E-state index contributed by atoms with van der Waals surface area (Å²) in [6.45, 7) is 0. The minimum absolute atomic E-state index is 0.0244. The van der Waals surface area contributed by atoms with Crippen LogP contribution in [0.15, 0.2) is 29.1 Å². The second-order valence-electron chi connectivity index (χ2n) is 5.28. The average molecular weight is 378 g/mol. The molecular weight excluding hydrogens is 360 g/mol. The molecule has 26 heavy (non-hydrogen) atoms. The first-order chi connectivity index (χ1) is 12.5. The van der Waals surface area contributed by atoms with Crippen molar-refractivity contribution in [2.75, 3.05) is 32.9 Å². The highest BCUT2D eigenvalue weighted by molar-refractivity contribution is 7.98. The van der Waals surface area contributed by atoms with Crippen molar-refractivity contribution in [1.29, 1.82) is 0 Å². The Kier molecular flexibility index (Phi) is 4.94. The third kappa shape index (κ3) is 3.03. The number of ether oxygens (including phenoxy) is 3. The number of carboxylic acid groups (broad SMARTS) is 1. The Labute approximate surface area is 154 Å². The second kappa shape index (κ2) is 7.16. The minimum atomic E-state index is -1.08. The average Bonchev–Trinajstić information content (AvgIpc) is 3.09. The molecule has 1 aliphatic rings. The number of rotatable bonds is 6. The molecule has 0 amide bonds. The van der Waals surface area contributed by atoms with Gasteiger partial charge in [-0.05, 0) is 30.0 Å². The van der Waals surface area contributed by atoms with Crippen molar-refractivity contribution in [2.45, 2.75) is 11.2 Å². The normalized spacial score (nSPS) is 15.5. The lowest BCUT2D eigenvalue weighted by atomic mass is 10.0. The topological polar surface area (TPSA) is 108 Å². The molecule has 0 radical (unpaired) electrons. The molecule has 10 heteroatoms. The van der Waals surface area contributed by atoms with Gasteiger partial charge in [-0.1, -0.05) is 11.8 Å². The standard InChI is InChI=1S/C16H18N4O5S/c1-23-11-5-8(6-12(24-2)13(11)25-3)10-7-9(14(21)22)17-15-18-16(26-4)19-20(10)15/h5-7,10H,1-4H3,(H,21,22)(H,17,18,19)/t10-/m0/s1. The van der Waals surface area contributed by atoms with Crippen LogP contribution in [0.3, 0.4) is 0 Å². The molecule has 0 spiro atoms. The van der Waals surface area contributed by atoms with Crippen molar-refractivity contribution < 1.29 is 24.1 Å². The van der Waals surface area contributed by atoms with E-state index in [2.05, 4.69) is 15.4 Å². The molecule has 0 saturated carbocycles. The summed E-state index contributed by atoms with van der Waals surface area (Å²) in [5.41, 5.74) is 0.745. The van der Waals surface area contributed by atoms with Crippen molar-refractivity contribution in [1.82, 2.24) is 14.8 Å². The van der Waals surface area contributed by atoms with Crippen LogP contribution in [0.25, 0.3) is 0 Å². The van der Waals surface area contributed by atoms with Crippen molar-refractivity contribution in [3.63, 3.8) is 0 Å². The molecule has 2 heterocycles. The number of aromatic nitrogens is 3. The molecule has 0 aliphatic carbocycles. The van der Waals surface area contributed by atoms with Crippen LogP contribution in [-0.4, -0.2) is 53.4 Å². The van der Waals surface area contributed by atoms with Crippen LogP contribution in [-0.2, 0) is 4.79 Å². The quantitative estimate of drug-likeness (QED) is 0.730. The van der Waals surface area contributed by atoms with E-state index >= 15 is 0 Å². The van der Waals surface area contributed by atoms with Crippen molar-refractivity contribution in [2.24, 2.45) is 0 Å². The molecule has 1 aromatic heterocycles. The minimum Gasteiger partial charge on any atom is -0.493 e. The van der Waals surface area contributed by atoms with E-state index in [1.807, 2.05) is 6.26 Å². The zero-order valence-corrected chi connectivity index (χ0v) is 15.5. The van der Waals surface area contributed by atoms with E-state index < -0.39 is 12.0 Å². The van der Waals surface area contributed by atoms with Gasteiger partial charge in [0.15, 0.2) is 11.5 Å². The van der Waals surface area contributed by atoms with Gasteiger partial charge in [0.25, 0.3) is 0 Å². The summed E-state index contributed by atoms with van der Waals surface area (Å²) in [7, 11) is 4.57. The van der Waals surface area contributed by atoms with E-state index in [9.17, 15) is 9.90 Å². The van der Waals surface area contributed by atoms with Crippen molar-refractivity contribution in [3.8, 4) is 17.2 Å². The zero-order valence-electron chi connectivity index (χ0n) is 14.6. The fourth-order valence-electron chi connectivity index (χ4n) is 2.69. The smallest absolute Gasteiger partial charge is 0.352 e. The van der Waals surface area contributed by atoms with Gasteiger partial charge in [-0.3, -0.25) is 0 Å². The van der Waals surface area contributed by atoms with Crippen LogP contribution >= 0.6 is 11.8 Å². The predicted molar refractivity (Wildman–Crippen MR) is 95.4 cm³/mol. The van der Waals surface area contributed by atoms with Gasteiger partial charge in [0, 0.05) is 0 Å². The van der Waals surface area contributed by atoms with E-state index in [-0.39, 0.29) is 5.70 Å². The number of anilines is 1. The first-order valence-electron chi connectivity index (χ1n) is 7.55. The number of thioether (sulfide) groups is 1. The number of nitrogens with one attached hydrogen (secondary N) is 1. The molecule has 0 bridgehead atoms. The van der Waals surface area contributed by atoms with Crippen molar-refractivity contribution in [3.05, 3.63) is 29.5 Å². The molecule has 138 valence electrons. The van der Waals surface area contributed by atoms with Crippen LogP contribution in [0.1, 0.15) is 11.6 Å². The van der Waals surface area contributed by atoms with Gasteiger partial charge >= 0.3 is 5.97 Å². The molecule has 0 fully saturated rings. The Morgan fingerprint density at radius 3 is 2.38 bits per heavy atom. The Morgan fingerprint density at radius 2 is 1.88 bits per heavy atom.